The first-order valence-corrected chi connectivity index (χ1v) is 10.8. The van der Waals surface area contributed by atoms with Gasteiger partial charge in [0.15, 0.2) is 0 Å². The smallest absolute Gasteiger partial charge is 0.305 e. The summed E-state index contributed by atoms with van der Waals surface area (Å²) in [5.74, 6) is -0.0754. The Morgan fingerprint density at radius 1 is 0.929 bits per heavy atom. The first-order valence-electron chi connectivity index (χ1n) is 10.8. The Bertz CT molecular complexity index is 353. The molecule has 0 unspecified atom stereocenters. The van der Waals surface area contributed by atoms with Crippen LogP contribution in [-0.4, -0.2) is 12.6 Å². The van der Waals surface area contributed by atoms with Crippen LogP contribution in [0, 0.1) is 6.07 Å². The zero-order chi connectivity index (χ0) is 20.5. The van der Waals surface area contributed by atoms with E-state index in [-0.39, 0.29) is 46.1 Å². The summed E-state index contributed by atoms with van der Waals surface area (Å²) in [7, 11) is 0. The van der Waals surface area contributed by atoms with E-state index in [0.717, 1.165) is 12.8 Å². The van der Waals surface area contributed by atoms with Gasteiger partial charge < -0.3 is 4.74 Å². The van der Waals surface area contributed by atoms with Crippen molar-refractivity contribution in [2.24, 2.45) is 0 Å². The Hall–Kier alpha value is -0.206. The maximum atomic E-state index is 10.7. The van der Waals surface area contributed by atoms with Gasteiger partial charge in [-0.25, -0.2) is 0 Å². The summed E-state index contributed by atoms with van der Waals surface area (Å²) in [6.45, 7) is 15.0. The zero-order valence-electron chi connectivity index (χ0n) is 19.3. The average molecular weight is 471 g/mol. The van der Waals surface area contributed by atoms with Crippen LogP contribution in [0.5, 0.6) is 0 Å². The molecule has 0 atom stereocenters. The Morgan fingerprint density at radius 3 is 1.86 bits per heavy atom. The third-order valence-corrected chi connectivity index (χ3v) is 3.20. The molecule has 0 N–H and O–H groups in total. The molecule has 0 saturated heterocycles. The van der Waals surface area contributed by atoms with Gasteiger partial charge in [0.25, 0.3) is 0 Å². The fraction of sp³-hybridized carbons (Fsp3) is 0.720. The summed E-state index contributed by atoms with van der Waals surface area (Å²) in [5, 5.41) is 0. The van der Waals surface area contributed by atoms with E-state index < -0.39 is 0 Å². The summed E-state index contributed by atoms with van der Waals surface area (Å²) >= 11 is 0. The summed E-state index contributed by atoms with van der Waals surface area (Å²) < 4.78 is 4.96. The van der Waals surface area contributed by atoms with Gasteiger partial charge in [0.05, 0.1) is 6.61 Å². The van der Waals surface area contributed by atoms with Crippen LogP contribution >= 0.6 is 0 Å². The topological polar surface area (TPSA) is 26.3 Å². The number of rotatable bonds is 9. The number of carbonyl (C=O) groups excluding carboxylic acids is 1. The van der Waals surface area contributed by atoms with E-state index in [9.17, 15) is 4.79 Å². The molecular formula is C25H49O2Y-. The van der Waals surface area contributed by atoms with E-state index in [4.69, 9.17) is 4.74 Å². The molecule has 0 aliphatic rings. The van der Waals surface area contributed by atoms with Crippen molar-refractivity contribution in [1.82, 2.24) is 0 Å². The zero-order valence-corrected chi connectivity index (χ0v) is 22.1. The molecule has 0 fully saturated rings. The molecule has 0 bridgehead atoms. The van der Waals surface area contributed by atoms with Gasteiger partial charge in [-0.1, -0.05) is 101 Å². The molecule has 28 heavy (non-hydrogen) atoms. The van der Waals surface area contributed by atoms with Crippen LogP contribution in [0.25, 0.3) is 0 Å². The minimum Gasteiger partial charge on any atom is -0.466 e. The van der Waals surface area contributed by atoms with E-state index >= 15 is 0 Å². The Morgan fingerprint density at radius 2 is 1.46 bits per heavy atom. The van der Waals surface area contributed by atoms with Gasteiger partial charge >= 0.3 is 5.97 Å². The fourth-order valence-electron chi connectivity index (χ4n) is 1.82. The molecule has 0 aliphatic heterocycles. The molecule has 0 spiro atoms. The first kappa shape index (κ1) is 38.4. The van der Waals surface area contributed by atoms with Crippen LogP contribution in [0.1, 0.15) is 113 Å². The van der Waals surface area contributed by atoms with Crippen LogP contribution in [0.3, 0.4) is 0 Å². The standard InChI is InChI=1S/C11H22O2.C8H9.C3H8.C2H6.CH4.Y/c1-3-5-6-7-8-9-10-13-11(12)4-2;1-2-8-6-4-3-5-7-8;1-3-2;1-2;;/h3-10H2,1-2H3;3-6H,2H2,1H3;3H2,1-2H3;1-2H3;1H4;/q;-1;;;;. The number of ether oxygens (including phenoxy) is 1. The summed E-state index contributed by atoms with van der Waals surface area (Å²) in [6.07, 6.45) is 10.2. The fourth-order valence-corrected chi connectivity index (χ4v) is 1.82. The van der Waals surface area contributed by atoms with Crippen LogP contribution < -0.4 is 0 Å². The molecule has 1 aromatic carbocycles. The van der Waals surface area contributed by atoms with Gasteiger partial charge in [0.2, 0.25) is 0 Å². The second-order valence-corrected chi connectivity index (χ2v) is 5.79. The summed E-state index contributed by atoms with van der Waals surface area (Å²) in [6, 6.07) is 11.2. The van der Waals surface area contributed by atoms with Crippen molar-refractivity contribution < 1.29 is 42.2 Å². The number of carbonyl (C=O) groups is 1. The normalized spacial score (nSPS) is 8.11. The molecule has 2 nitrogen and oxygen atoms in total. The number of esters is 1. The Labute approximate surface area is 203 Å². The maximum absolute atomic E-state index is 10.7. The first-order chi connectivity index (χ1) is 12.7. The van der Waals surface area contributed by atoms with Crippen LogP contribution in [0.4, 0.5) is 0 Å². The largest absolute Gasteiger partial charge is 0.466 e. The predicted octanol–water partition coefficient (Wildman–Crippen LogP) is 8.43. The summed E-state index contributed by atoms with van der Waals surface area (Å²) in [4.78, 5) is 10.7. The second kappa shape index (κ2) is 37.5. The van der Waals surface area contributed by atoms with Crippen LogP contribution in [0.2, 0.25) is 0 Å². The van der Waals surface area contributed by atoms with Crippen molar-refractivity contribution in [2.75, 3.05) is 6.61 Å². The van der Waals surface area contributed by atoms with Crippen LogP contribution in [-0.2, 0) is 48.7 Å². The average Bonchev–Trinajstić information content (AvgIpc) is 2.70. The SMILES string of the molecule is C.CC.CCC.CCCCCCCCOC(=O)CC.CCc1[c-]cccc1.[Y]. The van der Waals surface area contributed by atoms with E-state index in [1.807, 2.05) is 39.0 Å². The Balaban J connectivity index is -0.000000101. The minimum absolute atomic E-state index is 0. The molecule has 165 valence electrons. The number of unbranched alkanes of at least 4 members (excludes halogenated alkanes) is 5. The molecule has 0 aliphatic carbocycles. The van der Waals surface area contributed by atoms with E-state index in [1.165, 1.54) is 44.1 Å². The van der Waals surface area contributed by atoms with Gasteiger partial charge in [-0.05, 0) is 6.42 Å². The quantitative estimate of drug-likeness (QED) is 0.206. The minimum atomic E-state index is -0.0754. The summed E-state index contributed by atoms with van der Waals surface area (Å²) in [5.41, 5.74) is 1.28. The van der Waals surface area contributed by atoms with Crippen molar-refractivity contribution in [3.63, 3.8) is 0 Å². The third-order valence-electron chi connectivity index (χ3n) is 3.20. The molecule has 0 heterocycles. The van der Waals surface area contributed by atoms with Gasteiger partial charge in [-0.15, -0.1) is 0 Å². The van der Waals surface area contributed by atoms with E-state index in [0.29, 0.717) is 13.0 Å². The van der Waals surface area contributed by atoms with Crippen LogP contribution in [0.15, 0.2) is 24.3 Å². The molecular weight excluding hydrogens is 421 g/mol. The third kappa shape index (κ3) is 36.7. The molecule has 3 heteroatoms. The van der Waals surface area contributed by atoms with Crippen molar-refractivity contribution in [3.8, 4) is 0 Å². The molecule has 0 saturated carbocycles. The molecule has 0 aromatic heterocycles. The van der Waals surface area contributed by atoms with Crippen molar-refractivity contribution in [2.45, 2.75) is 114 Å². The van der Waals surface area contributed by atoms with Gasteiger partial charge in [0, 0.05) is 39.1 Å². The van der Waals surface area contributed by atoms with Crippen molar-refractivity contribution in [3.05, 3.63) is 35.9 Å². The second-order valence-electron chi connectivity index (χ2n) is 5.79. The molecule has 1 radical (unpaired) electrons. The molecule has 1 rings (SSSR count). The van der Waals surface area contributed by atoms with Crippen molar-refractivity contribution in [1.29, 1.82) is 0 Å². The number of benzene rings is 1. The molecule has 0 amide bonds. The van der Waals surface area contributed by atoms with E-state index in [1.54, 1.807) is 0 Å². The monoisotopic (exact) mass is 470 g/mol. The predicted molar refractivity (Wildman–Crippen MR) is 123 cm³/mol. The maximum Gasteiger partial charge on any atom is 0.305 e. The number of hydrogen-bond acceptors (Lipinski definition) is 2. The Kier molecular flexibility index (Phi) is 51.5. The molecule has 1 aromatic rings. The van der Waals surface area contributed by atoms with E-state index in [2.05, 4.69) is 39.8 Å². The van der Waals surface area contributed by atoms with Gasteiger partial charge in [-0.3, -0.25) is 4.79 Å². The number of aryl methyl sites for hydroxylation is 1. The van der Waals surface area contributed by atoms with Crippen molar-refractivity contribution >= 4 is 5.97 Å². The van der Waals surface area contributed by atoms with Gasteiger partial charge in [-0.2, -0.15) is 35.9 Å². The number of hydrogen-bond donors (Lipinski definition) is 0. The van der Waals surface area contributed by atoms with Gasteiger partial charge in [0.1, 0.15) is 0 Å².